The fraction of sp³-hybridized carbons (Fsp3) is 0.750. The molecule has 3 aliphatic rings. The molecule has 1 atom stereocenters. The molecule has 0 unspecified atom stereocenters. The molecule has 31 heavy (non-hydrogen) atoms. The van der Waals surface area contributed by atoms with E-state index in [0.29, 0.717) is 24.7 Å². The number of aromatic nitrogens is 2. The van der Waals surface area contributed by atoms with E-state index >= 15 is 0 Å². The summed E-state index contributed by atoms with van der Waals surface area (Å²) >= 11 is 0. The Balaban J connectivity index is 1.58. The zero-order valence-electron chi connectivity index (χ0n) is 19.2. The fourth-order valence-corrected chi connectivity index (χ4v) is 5.18. The van der Waals surface area contributed by atoms with Crippen LogP contribution in [-0.4, -0.2) is 52.5 Å². The van der Waals surface area contributed by atoms with Crippen molar-refractivity contribution in [3.05, 3.63) is 17.1 Å². The van der Waals surface area contributed by atoms with Crippen LogP contribution in [0.3, 0.4) is 0 Å². The fourth-order valence-electron chi connectivity index (χ4n) is 5.18. The highest BCUT2D eigenvalue weighted by Gasteiger charge is 2.36. The number of hydrogen-bond donors (Lipinski definition) is 0. The second-order valence-corrected chi connectivity index (χ2v) is 9.61. The van der Waals surface area contributed by atoms with Crippen molar-refractivity contribution < 1.29 is 14.3 Å². The third-order valence-electron chi connectivity index (χ3n) is 6.92. The van der Waals surface area contributed by atoms with Gasteiger partial charge in [-0.25, -0.2) is 9.97 Å². The minimum atomic E-state index is -0.145. The van der Waals surface area contributed by atoms with Crippen molar-refractivity contribution in [1.82, 2.24) is 14.9 Å². The highest BCUT2D eigenvalue weighted by molar-refractivity contribution is 6.00. The number of aryl methyl sites for hydroxylation is 1. The highest BCUT2D eigenvalue weighted by atomic mass is 16.5. The topological polar surface area (TPSA) is 75.6 Å². The Labute approximate surface area is 185 Å². The highest BCUT2D eigenvalue weighted by Crippen LogP contribution is 2.36. The van der Waals surface area contributed by atoms with Crippen LogP contribution >= 0.6 is 0 Å². The Kier molecular flexibility index (Phi) is 6.89. The molecule has 4 rings (SSSR count). The normalized spacial score (nSPS) is 22.3. The van der Waals surface area contributed by atoms with Gasteiger partial charge in [0.05, 0.1) is 18.6 Å². The molecule has 0 N–H and O–H groups in total. The molecule has 1 saturated carbocycles. The van der Waals surface area contributed by atoms with E-state index in [1.54, 1.807) is 0 Å². The molecule has 7 heteroatoms. The average Bonchev–Trinajstić information content (AvgIpc) is 3.08. The molecule has 170 valence electrons. The van der Waals surface area contributed by atoms with E-state index in [2.05, 4.69) is 0 Å². The first-order chi connectivity index (χ1) is 14.9. The van der Waals surface area contributed by atoms with Crippen LogP contribution in [0.1, 0.15) is 88.3 Å². The number of hydrogen-bond acceptors (Lipinski definition) is 5. The standard InChI is InChI=1S/C24H36N4O3/c1-16(2)31-15-22(30)27-12-8-7-11-20(27)23-25-17(3)19-13-21(29)28(24(19)26-23)14-18-9-5-4-6-10-18/h16,18,20H,4-15H2,1-3H3/t20-/m1/s1. The number of amides is 2. The van der Waals surface area contributed by atoms with Crippen LogP contribution in [0.25, 0.3) is 0 Å². The van der Waals surface area contributed by atoms with Gasteiger partial charge >= 0.3 is 0 Å². The summed E-state index contributed by atoms with van der Waals surface area (Å²) in [6, 6.07) is -0.145. The summed E-state index contributed by atoms with van der Waals surface area (Å²) in [7, 11) is 0. The summed E-state index contributed by atoms with van der Waals surface area (Å²) in [6.07, 6.45) is 9.49. The Hall–Kier alpha value is -2.02. The lowest BCUT2D eigenvalue weighted by Crippen LogP contribution is -2.42. The van der Waals surface area contributed by atoms with Gasteiger partial charge in [-0.1, -0.05) is 19.3 Å². The van der Waals surface area contributed by atoms with E-state index in [1.165, 1.54) is 32.1 Å². The van der Waals surface area contributed by atoms with Crippen molar-refractivity contribution in [1.29, 1.82) is 0 Å². The molecular weight excluding hydrogens is 392 g/mol. The maximum atomic E-state index is 12.9. The van der Waals surface area contributed by atoms with E-state index in [9.17, 15) is 9.59 Å². The minimum Gasteiger partial charge on any atom is -0.369 e. The van der Waals surface area contributed by atoms with E-state index < -0.39 is 0 Å². The summed E-state index contributed by atoms with van der Waals surface area (Å²) in [5.41, 5.74) is 1.83. The van der Waals surface area contributed by atoms with E-state index in [-0.39, 0.29) is 30.6 Å². The Bertz CT molecular complexity index is 819. The van der Waals surface area contributed by atoms with Crippen LogP contribution in [0.15, 0.2) is 0 Å². The van der Waals surface area contributed by atoms with Gasteiger partial charge in [-0.15, -0.1) is 0 Å². The lowest BCUT2D eigenvalue weighted by molar-refractivity contribution is -0.141. The van der Waals surface area contributed by atoms with Crippen LogP contribution in [0.2, 0.25) is 0 Å². The molecule has 0 bridgehead atoms. The Morgan fingerprint density at radius 2 is 1.84 bits per heavy atom. The van der Waals surface area contributed by atoms with Gasteiger partial charge in [-0.3, -0.25) is 14.5 Å². The molecule has 1 aromatic rings. The third-order valence-corrected chi connectivity index (χ3v) is 6.92. The van der Waals surface area contributed by atoms with Gasteiger partial charge in [0, 0.05) is 24.3 Å². The number of rotatable bonds is 6. The molecule has 2 amide bonds. The van der Waals surface area contributed by atoms with Gasteiger partial charge < -0.3 is 9.64 Å². The second-order valence-electron chi connectivity index (χ2n) is 9.61. The SMILES string of the molecule is Cc1nc([C@H]2CCCCN2C(=O)COC(C)C)nc2c1CC(=O)N2CC1CCCCC1. The zero-order valence-corrected chi connectivity index (χ0v) is 19.2. The number of nitrogens with zero attached hydrogens (tertiary/aromatic N) is 4. The monoisotopic (exact) mass is 428 g/mol. The van der Waals surface area contributed by atoms with E-state index in [1.807, 2.05) is 30.6 Å². The number of carbonyl (C=O) groups is 2. The maximum absolute atomic E-state index is 12.9. The molecule has 1 aromatic heterocycles. The van der Waals surface area contributed by atoms with Gasteiger partial charge in [0.15, 0.2) is 5.82 Å². The molecule has 2 fully saturated rings. The van der Waals surface area contributed by atoms with Gasteiger partial charge in [0.2, 0.25) is 11.8 Å². The maximum Gasteiger partial charge on any atom is 0.249 e. The van der Waals surface area contributed by atoms with Gasteiger partial charge in [-0.2, -0.15) is 0 Å². The van der Waals surface area contributed by atoms with E-state index in [0.717, 1.165) is 42.9 Å². The first kappa shape index (κ1) is 22.2. The summed E-state index contributed by atoms with van der Waals surface area (Å²) in [5, 5.41) is 0. The van der Waals surface area contributed by atoms with Gasteiger partial charge in [0.25, 0.3) is 0 Å². The summed E-state index contributed by atoms with van der Waals surface area (Å²) in [6.45, 7) is 7.40. The Morgan fingerprint density at radius 3 is 2.58 bits per heavy atom. The number of anilines is 1. The molecule has 2 aliphatic heterocycles. The summed E-state index contributed by atoms with van der Waals surface area (Å²) in [4.78, 5) is 39.2. The predicted octanol–water partition coefficient (Wildman–Crippen LogP) is 3.73. The molecule has 0 aromatic carbocycles. The molecule has 7 nitrogen and oxygen atoms in total. The van der Waals surface area contributed by atoms with E-state index in [4.69, 9.17) is 14.7 Å². The summed E-state index contributed by atoms with van der Waals surface area (Å²) in [5.74, 6) is 2.15. The van der Waals surface area contributed by atoms with Crippen molar-refractivity contribution in [3.63, 3.8) is 0 Å². The number of carbonyl (C=O) groups excluding carboxylic acids is 2. The molecule has 0 spiro atoms. The van der Waals surface area contributed by atoms with Gasteiger partial charge in [-0.05, 0) is 58.8 Å². The van der Waals surface area contributed by atoms with Crippen LogP contribution in [0.4, 0.5) is 5.82 Å². The van der Waals surface area contributed by atoms with Crippen LogP contribution in [0, 0.1) is 12.8 Å². The number of piperidine rings is 1. The minimum absolute atomic E-state index is 0.00436. The van der Waals surface area contributed by atoms with Crippen molar-refractivity contribution in [2.75, 3.05) is 24.6 Å². The molecular formula is C24H36N4O3. The molecule has 1 saturated heterocycles. The lowest BCUT2D eigenvalue weighted by Gasteiger charge is -2.35. The predicted molar refractivity (Wildman–Crippen MR) is 119 cm³/mol. The van der Waals surface area contributed by atoms with Crippen LogP contribution < -0.4 is 4.90 Å². The number of fused-ring (bicyclic) bond motifs is 1. The second kappa shape index (κ2) is 9.63. The summed E-state index contributed by atoms with van der Waals surface area (Å²) < 4.78 is 5.57. The lowest BCUT2D eigenvalue weighted by atomic mass is 9.89. The van der Waals surface area contributed by atoms with Crippen molar-refractivity contribution in [2.24, 2.45) is 5.92 Å². The van der Waals surface area contributed by atoms with Crippen molar-refractivity contribution >= 4 is 17.6 Å². The van der Waals surface area contributed by atoms with Crippen molar-refractivity contribution in [3.8, 4) is 0 Å². The first-order valence-corrected chi connectivity index (χ1v) is 12.0. The number of likely N-dealkylation sites (tertiary alicyclic amines) is 1. The van der Waals surface area contributed by atoms with Gasteiger partial charge in [0.1, 0.15) is 12.4 Å². The van der Waals surface area contributed by atoms with Crippen LogP contribution in [0.5, 0.6) is 0 Å². The Morgan fingerprint density at radius 1 is 1.10 bits per heavy atom. The smallest absolute Gasteiger partial charge is 0.249 e. The van der Waals surface area contributed by atoms with Crippen LogP contribution in [-0.2, 0) is 20.7 Å². The molecule has 3 heterocycles. The average molecular weight is 429 g/mol. The van der Waals surface area contributed by atoms with Crippen molar-refractivity contribution in [2.45, 2.75) is 90.7 Å². The molecule has 1 aliphatic carbocycles. The number of ether oxygens (including phenoxy) is 1. The quantitative estimate of drug-likeness (QED) is 0.690. The zero-order chi connectivity index (χ0) is 22.0. The first-order valence-electron chi connectivity index (χ1n) is 12.0. The molecule has 0 radical (unpaired) electrons. The largest absolute Gasteiger partial charge is 0.369 e. The third kappa shape index (κ3) is 4.92.